The van der Waals surface area contributed by atoms with Gasteiger partial charge < -0.3 is 15.2 Å². The zero-order chi connectivity index (χ0) is 15.2. The molecule has 0 aliphatic carbocycles. The lowest BCUT2D eigenvalue weighted by Gasteiger charge is -2.24. The van der Waals surface area contributed by atoms with Crippen LogP contribution in [-0.4, -0.2) is 46.1 Å². The Morgan fingerprint density at radius 3 is 2.52 bits per heavy atom. The summed E-state index contributed by atoms with van der Waals surface area (Å²) < 4.78 is 16.9. The third kappa shape index (κ3) is 5.77. The quantitative estimate of drug-likeness (QED) is 0.837. The number of aryl methyl sites for hydroxylation is 2. The van der Waals surface area contributed by atoms with Gasteiger partial charge in [-0.2, -0.15) is 0 Å². The molecule has 0 radical (unpaired) electrons. The second kappa shape index (κ2) is 7.92. The lowest BCUT2D eigenvalue weighted by atomic mass is 10.1. The first-order valence-corrected chi connectivity index (χ1v) is 8.99. The zero-order valence-corrected chi connectivity index (χ0v) is 13.6. The first kappa shape index (κ1) is 16.5. The van der Waals surface area contributed by atoms with Gasteiger partial charge in [0.2, 0.25) is 0 Å². The molecule has 1 saturated heterocycles. The third-order valence-corrected chi connectivity index (χ3v) is 5.05. The summed E-state index contributed by atoms with van der Waals surface area (Å²) in [4.78, 5) is 0. The van der Waals surface area contributed by atoms with Crippen molar-refractivity contribution in [2.75, 3.05) is 24.7 Å². The predicted octanol–water partition coefficient (Wildman–Crippen LogP) is 1.54. The second-order valence-electron chi connectivity index (χ2n) is 5.82. The smallest absolute Gasteiger partial charge is 0.119 e. The number of ether oxygens (including phenoxy) is 1. The van der Waals surface area contributed by atoms with Gasteiger partial charge in [0, 0.05) is 34.9 Å². The van der Waals surface area contributed by atoms with Gasteiger partial charge in [-0.15, -0.1) is 0 Å². The monoisotopic (exact) mass is 311 g/mol. The summed E-state index contributed by atoms with van der Waals surface area (Å²) >= 11 is 0. The third-order valence-electron chi connectivity index (χ3n) is 3.67. The standard InChI is InChI=1S/C16H25NO3S/c1-12-7-13(2)9-16(8-12)20-11-15(18)10-17-14-3-5-21(19)6-4-14/h7-9,14-15,17-18H,3-6,10-11H2,1-2H3. The SMILES string of the molecule is Cc1cc(C)cc(OCC(O)CNC2CCS(=O)CC2)c1. The van der Waals surface area contributed by atoms with Crippen LogP contribution in [0.5, 0.6) is 5.75 Å². The molecule has 118 valence electrons. The fraction of sp³-hybridized carbons (Fsp3) is 0.625. The van der Waals surface area contributed by atoms with Crippen molar-refractivity contribution < 1.29 is 14.1 Å². The molecule has 2 N–H and O–H groups in total. The molecule has 1 aromatic carbocycles. The number of aliphatic hydroxyl groups is 1. The number of hydrogen-bond donors (Lipinski definition) is 2. The maximum absolute atomic E-state index is 11.3. The fourth-order valence-electron chi connectivity index (χ4n) is 2.57. The molecule has 0 bridgehead atoms. The van der Waals surface area contributed by atoms with Crippen LogP contribution in [0.1, 0.15) is 24.0 Å². The van der Waals surface area contributed by atoms with E-state index < -0.39 is 16.9 Å². The van der Waals surface area contributed by atoms with Gasteiger partial charge in [0.15, 0.2) is 0 Å². The van der Waals surface area contributed by atoms with E-state index in [-0.39, 0.29) is 6.61 Å². The Morgan fingerprint density at radius 2 is 1.90 bits per heavy atom. The fourth-order valence-corrected chi connectivity index (χ4v) is 3.87. The number of nitrogens with one attached hydrogen (secondary N) is 1. The molecule has 1 aliphatic rings. The molecule has 1 fully saturated rings. The van der Waals surface area contributed by atoms with E-state index in [0.29, 0.717) is 12.6 Å². The van der Waals surface area contributed by atoms with Gasteiger partial charge in [-0.1, -0.05) is 6.07 Å². The summed E-state index contributed by atoms with van der Waals surface area (Å²) in [5.41, 5.74) is 2.32. The van der Waals surface area contributed by atoms with Gasteiger partial charge in [0.1, 0.15) is 18.5 Å². The summed E-state index contributed by atoms with van der Waals surface area (Å²) in [7, 11) is -0.635. The number of rotatable bonds is 6. The zero-order valence-electron chi connectivity index (χ0n) is 12.8. The Morgan fingerprint density at radius 1 is 1.29 bits per heavy atom. The van der Waals surface area contributed by atoms with Crippen LogP contribution in [0, 0.1) is 13.8 Å². The van der Waals surface area contributed by atoms with E-state index in [4.69, 9.17) is 4.74 Å². The van der Waals surface area contributed by atoms with E-state index in [1.807, 2.05) is 26.0 Å². The Balaban J connectivity index is 1.69. The van der Waals surface area contributed by atoms with Crippen LogP contribution in [0.2, 0.25) is 0 Å². The minimum atomic E-state index is -0.635. The van der Waals surface area contributed by atoms with Crippen LogP contribution in [0.3, 0.4) is 0 Å². The van der Waals surface area contributed by atoms with Crippen molar-refractivity contribution >= 4 is 10.8 Å². The Kier molecular flexibility index (Phi) is 6.21. The molecule has 1 heterocycles. The lowest BCUT2D eigenvalue weighted by Crippen LogP contribution is -2.41. The van der Waals surface area contributed by atoms with E-state index in [9.17, 15) is 9.32 Å². The van der Waals surface area contributed by atoms with E-state index in [1.165, 1.54) is 0 Å². The minimum Gasteiger partial charge on any atom is -0.491 e. The lowest BCUT2D eigenvalue weighted by molar-refractivity contribution is 0.103. The molecular formula is C16H25NO3S. The molecule has 0 aromatic heterocycles. The van der Waals surface area contributed by atoms with Crippen molar-refractivity contribution in [1.82, 2.24) is 5.32 Å². The number of hydrogen-bond acceptors (Lipinski definition) is 4. The molecule has 2 rings (SSSR count). The van der Waals surface area contributed by atoms with Crippen LogP contribution >= 0.6 is 0 Å². The maximum atomic E-state index is 11.3. The Bertz CT molecular complexity index is 462. The molecule has 1 aromatic rings. The predicted molar refractivity (Wildman–Crippen MR) is 86.3 cm³/mol. The van der Waals surface area contributed by atoms with Crippen molar-refractivity contribution in [3.8, 4) is 5.75 Å². The highest BCUT2D eigenvalue weighted by atomic mass is 32.2. The largest absolute Gasteiger partial charge is 0.491 e. The molecule has 4 nitrogen and oxygen atoms in total. The molecule has 5 heteroatoms. The maximum Gasteiger partial charge on any atom is 0.119 e. The first-order chi connectivity index (χ1) is 10.0. The molecular weight excluding hydrogens is 286 g/mol. The molecule has 0 spiro atoms. The highest BCUT2D eigenvalue weighted by molar-refractivity contribution is 7.85. The van der Waals surface area contributed by atoms with E-state index in [2.05, 4.69) is 11.4 Å². The van der Waals surface area contributed by atoms with Crippen LogP contribution in [0.4, 0.5) is 0 Å². The average Bonchev–Trinajstić information content (AvgIpc) is 2.43. The van der Waals surface area contributed by atoms with Crippen molar-refractivity contribution in [1.29, 1.82) is 0 Å². The highest BCUT2D eigenvalue weighted by Crippen LogP contribution is 2.16. The van der Waals surface area contributed by atoms with Gasteiger partial charge in [0.25, 0.3) is 0 Å². The molecule has 0 saturated carbocycles. The van der Waals surface area contributed by atoms with Gasteiger partial charge in [-0.3, -0.25) is 4.21 Å². The van der Waals surface area contributed by atoms with Crippen molar-refractivity contribution in [2.24, 2.45) is 0 Å². The average molecular weight is 311 g/mol. The van der Waals surface area contributed by atoms with Gasteiger partial charge in [-0.25, -0.2) is 0 Å². The van der Waals surface area contributed by atoms with Crippen molar-refractivity contribution in [3.05, 3.63) is 29.3 Å². The first-order valence-electron chi connectivity index (χ1n) is 7.50. The van der Waals surface area contributed by atoms with Gasteiger partial charge in [-0.05, 0) is 49.9 Å². The Labute approximate surface area is 129 Å². The normalized spacial score (nSPS) is 23.8. The van der Waals surface area contributed by atoms with Crippen LogP contribution < -0.4 is 10.1 Å². The van der Waals surface area contributed by atoms with Gasteiger partial charge in [0.05, 0.1) is 0 Å². The summed E-state index contributed by atoms with van der Waals surface area (Å²) in [6, 6.07) is 6.42. The highest BCUT2D eigenvalue weighted by Gasteiger charge is 2.18. The molecule has 0 amide bonds. The summed E-state index contributed by atoms with van der Waals surface area (Å²) in [6.45, 7) is 4.87. The van der Waals surface area contributed by atoms with Crippen LogP contribution in [-0.2, 0) is 10.8 Å². The number of aliphatic hydroxyl groups excluding tert-OH is 1. The van der Waals surface area contributed by atoms with E-state index >= 15 is 0 Å². The van der Waals surface area contributed by atoms with Crippen molar-refractivity contribution in [2.45, 2.75) is 38.8 Å². The molecule has 1 atom stereocenters. The minimum absolute atomic E-state index is 0.286. The second-order valence-corrected chi connectivity index (χ2v) is 7.51. The Hall–Kier alpha value is -0.910. The van der Waals surface area contributed by atoms with Crippen LogP contribution in [0.25, 0.3) is 0 Å². The van der Waals surface area contributed by atoms with Gasteiger partial charge >= 0.3 is 0 Å². The van der Waals surface area contributed by atoms with Crippen LogP contribution in [0.15, 0.2) is 18.2 Å². The summed E-state index contributed by atoms with van der Waals surface area (Å²) in [5, 5.41) is 13.3. The summed E-state index contributed by atoms with van der Waals surface area (Å²) in [5.74, 6) is 2.35. The van der Waals surface area contributed by atoms with E-state index in [0.717, 1.165) is 41.2 Å². The number of benzene rings is 1. The van der Waals surface area contributed by atoms with E-state index in [1.54, 1.807) is 0 Å². The molecule has 21 heavy (non-hydrogen) atoms. The topological polar surface area (TPSA) is 58.6 Å². The molecule has 1 unspecified atom stereocenters. The summed E-state index contributed by atoms with van der Waals surface area (Å²) in [6.07, 6.45) is 1.33. The molecule has 1 aliphatic heterocycles. The van der Waals surface area contributed by atoms with Crippen molar-refractivity contribution in [3.63, 3.8) is 0 Å².